The predicted molar refractivity (Wildman–Crippen MR) is 109 cm³/mol. The number of carbonyl (C=O) groups excluding carboxylic acids is 5. The molecule has 2 aliphatic carbocycles. The van der Waals surface area contributed by atoms with E-state index in [1.807, 2.05) is 0 Å². The normalized spacial score (nSPS) is 15.1. The average molecular weight is 420 g/mol. The van der Waals surface area contributed by atoms with Crippen LogP contribution in [0.4, 0.5) is 4.79 Å². The van der Waals surface area contributed by atoms with Gasteiger partial charge in [-0.2, -0.15) is 0 Å². The molecule has 2 aliphatic rings. The van der Waals surface area contributed by atoms with Crippen LogP contribution in [-0.4, -0.2) is 42.1 Å². The summed E-state index contributed by atoms with van der Waals surface area (Å²) < 4.78 is 5.00. The van der Waals surface area contributed by atoms with Crippen molar-refractivity contribution >= 4 is 29.5 Å². The SMILES string of the molecule is O=C(COC(=O)c1cccc2c1C(=O)c1ccccc1C2=O)NC(=O)NC1CCCC1. The van der Waals surface area contributed by atoms with E-state index in [0.717, 1.165) is 25.7 Å². The Morgan fingerprint density at radius 2 is 1.52 bits per heavy atom. The summed E-state index contributed by atoms with van der Waals surface area (Å²) in [5.41, 5.74) is 0.447. The zero-order chi connectivity index (χ0) is 22.0. The van der Waals surface area contributed by atoms with Crippen LogP contribution in [0.5, 0.6) is 0 Å². The van der Waals surface area contributed by atoms with E-state index in [2.05, 4.69) is 10.6 Å². The first-order valence-electron chi connectivity index (χ1n) is 10.0. The Morgan fingerprint density at radius 3 is 2.23 bits per heavy atom. The average Bonchev–Trinajstić information content (AvgIpc) is 3.28. The predicted octanol–water partition coefficient (Wildman–Crippen LogP) is 2.39. The molecule has 0 bridgehead atoms. The Bertz CT molecular complexity index is 1100. The lowest BCUT2D eigenvalue weighted by atomic mass is 9.82. The molecule has 31 heavy (non-hydrogen) atoms. The highest BCUT2D eigenvalue weighted by Gasteiger charge is 2.33. The third-order valence-corrected chi connectivity index (χ3v) is 5.45. The highest BCUT2D eigenvalue weighted by atomic mass is 16.5. The van der Waals surface area contributed by atoms with Crippen LogP contribution in [0.3, 0.4) is 0 Å². The van der Waals surface area contributed by atoms with Crippen molar-refractivity contribution in [2.24, 2.45) is 0 Å². The number of urea groups is 1. The van der Waals surface area contributed by atoms with Gasteiger partial charge in [-0.15, -0.1) is 0 Å². The number of carbonyl (C=O) groups is 5. The number of hydrogen-bond acceptors (Lipinski definition) is 6. The van der Waals surface area contributed by atoms with Gasteiger partial charge in [0.1, 0.15) is 0 Å². The third kappa shape index (κ3) is 4.09. The fourth-order valence-electron chi connectivity index (χ4n) is 3.98. The van der Waals surface area contributed by atoms with Crippen molar-refractivity contribution < 1.29 is 28.7 Å². The van der Waals surface area contributed by atoms with Gasteiger partial charge in [-0.1, -0.05) is 49.2 Å². The Kier molecular flexibility index (Phi) is 5.62. The maximum atomic E-state index is 12.9. The number of amides is 3. The molecule has 8 heteroatoms. The van der Waals surface area contributed by atoms with E-state index in [1.54, 1.807) is 18.2 Å². The van der Waals surface area contributed by atoms with Gasteiger partial charge in [0.05, 0.1) is 5.56 Å². The Balaban J connectivity index is 1.44. The zero-order valence-electron chi connectivity index (χ0n) is 16.6. The van der Waals surface area contributed by atoms with Crippen LogP contribution in [-0.2, 0) is 9.53 Å². The van der Waals surface area contributed by atoms with Gasteiger partial charge in [0.15, 0.2) is 18.2 Å². The number of hydrogen-bond donors (Lipinski definition) is 2. The number of imide groups is 1. The van der Waals surface area contributed by atoms with Crippen LogP contribution in [0.15, 0.2) is 42.5 Å². The van der Waals surface area contributed by atoms with Crippen molar-refractivity contribution in [2.45, 2.75) is 31.7 Å². The summed E-state index contributed by atoms with van der Waals surface area (Å²) in [6, 6.07) is 10.1. The highest BCUT2D eigenvalue weighted by Crippen LogP contribution is 2.29. The lowest BCUT2D eigenvalue weighted by Gasteiger charge is -2.19. The fraction of sp³-hybridized carbons (Fsp3) is 0.261. The third-order valence-electron chi connectivity index (χ3n) is 5.45. The van der Waals surface area contributed by atoms with Gasteiger partial charge in [-0.05, 0) is 18.9 Å². The summed E-state index contributed by atoms with van der Waals surface area (Å²) in [7, 11) is 0. The monoisotopic (exact) mass is 420 g/mol. The standard InChI is InChI=1S/C23H20N2O6/c26-18(25-23(30)24-13-6-1-2-7-13)12-31-22(29)17-11-5-10-16-19(17)21(28)15-9-4-3-8-14(15)20(16)27/h3-5,8-11,13H,1-2,6-7,12H2,(H2,24,25,26,30). The van der Waals surface area contributed by atoms with Crippen molar-refractivity contribution in [1.29, 1.82) is 0 Å². The van der Waals surface area contributed by atoms with E-state index in [0.29, 0.717) is 0 Å². The van der Waals surface area contributed by atoms with Gasteiger partial charge < -0.3 is 10.1 Å². The molecule has 8 nitrogen and oxygen atoms in total. The molecule has 0 heterocycles. The van der Waals surface area contributed by atoms with Crippen LogP contribution in [0.2, 0.25) is 0 Å². The second kappa shape index (κ2) is 8.51. The molecule has 2 aromatic carbocycles. The molecule has 0 aliphatic heterocycles. The number of fused-ring (bicyclic) bond motifs is 2. The van der Waals surface area contributed by atoms with Crippen molar-refractivity contribution in [1.82, 2.24) is 10.6 Å². The molecule has 2 N–H and O–H groups in total. The first kappa shape index (κ1) is 20.5. The first-order valence-corrected chi connectivity index (χ1v) is 10.0. The second-order valence-electron chi connectivity index (χ2n) is 7.51. The van der Waals surface area contributed by atoms with Gasteiger partial charge in [0, 0.05) is 28.3 Å². The summed E-state index contributed by atoms with van der Waals surface area (Å²) in [6.07, 6.45) is 3.80. The van der Waals surface area contributed by atoms with E-state index >= 15 is 0 Å². The van der Waals surface area contributed by atoms with Crippen LogP contribution < -0.4 is 10.6 Å². The minimum absolute atomic E-state index is 0.0395. The molecule has 1 saturated carbocycles. The molecule has 158 valence electrons. The summed E-state index contributed by atoms with van der Waals surface area (Å²) in [5, 5.41) is 4.81. The summed E-state index contributed by atoms with van der Waals surface area (Å²) >= 11 is 0. The molecule has 0 atom stereocenters. The number of ether oxygens (including phenoxy) is 1. The number of benzene rings is 2. The minimum atomic E-state index is -0.927. The summed E-state index contributed by atoms with van der Waals surface area (Å²) in [4.78, 5) is 62.1. The molecule has 0 unspecified atom stereocenters. The zero-order valence-corrected chi connectivity index (χ0v) is 16.6. The molecule has 0 aromatic heterocycles. The van der Waals surface area contributed by atoms with E-state index in [4.69, 9.17) is 4.74 Å². The second-order valence-corrected chi connectivity index (χ2v) is 7.51. The number of nitrogens with one attached hydrogen (secondary N) is 2. The molecule has 2 aromatic rings. The topological polar surface area (TPSA) is 119 Å². The van der Waals surface area contributed by atoms with Gasteiger partial charge in [-0.3, -0.25) is 19.7 Å². The molecule has 0 saturated heterocycles. The van der Waals surface area contributed by atoms with Crippen LogP contribution >= 0.6 is 0 Å². The molecular formula is C23H20N2O6. The van der Waals surface area contributed by atoms with Crippen LogP contribution in [0, 0.1) is 0 Å². The maximum absolute atomic E-state index is 12.9. The van der Waals surface area contributed by atoms with Gasteiger partial charge in [0.25, 0.3) is 5.91 Å². The summed E-state index contributed by atoms with van der Waals surface area (Å²) in [6.45, 7) is -0.695. The molecule has 4 rings (SSSR count). The van der Waals surface area contributed by atoms with Crippen molar-refractivity contribution in [3.05, 3.63) is 70.3 Å². The number of esters is 1. The van der Waals surface area contributed by atoms with E-state index in [1.165, 1.54) is 24.3 Å². The Labute approximate surface area is 178 Å². The van der Waals surface area contributed by atoms with Crippen LogP contribution in [0.1, 0.15) is 67.9 Å². The first-order chi connectivity index (χ1) is 15.0. The Morgan fingerprint density at radius 1 is 0.871 bits per heavy atom. The van der Waals surface area contributed by atoms with E-state index in [9.17, 15) is 24.0 Å². The quantitative estimate of drug-likeness (QED) is 0.626. The van der Waals surface area contributed by atoms with E-state index < -0.39 is 30.3 Å². The smallest absolute Gasteiger partial charge is 0.339 e. The maximum Gasteiger partial charge on any atom is 0.339 e. The number of rotatable bonds is 4. The molecule has 1 fully saturated rings. The fourth-order valence-corrected chi connectivity index (χ4v) is 3.98. The van der Waals surface area contributed by atoms with Gasteiger partial charge in [-0.25, -0.2) is 9.59 Å². The summed E-state index contributed by atoms with van der Waals surface area (Å²) in [5.74, 6) is -2.54. The molecule has 3 amide bonds. The molecule has 0 radical (unpaired) electrons. The van der Waals surface area contributed by atoms with Crippen LogP contribution in [0.25, 0.3) is 0 Å². The lowest BCUT2D eigenvalue weighted by Crippen LogP contribution is -2.45. The highest BCUT2D eigenvalue weighted by molar-refractivity contribution is 6.30. The Hall–Kier alpha value is -3.81. The largest absolute Gasteiger partial charge is 0.452 e. The van der Waals surface area contributed by atoms with Gasteiger partial charge >= 0.3 is 12.0 Å². The van der Waals surface area contributed by atoms with Crippen molar-refractivity contribution in [2.75, 3.05) is 6.61 Å². The van der Waals surface area contributed by atoms with Crippen molar-refractivity contribution in [3.8, 4) is 0 Å². The minimum Gasteiger partial charge on any atom is -0.452 e. The van der Waals surface area contributed by atoms with Gasteiger partial charge in [0.2, 0.25) is 0 Å². The van der Waals surface area contributed by atoms with E-state index in [-0.39, 0.29) is 39.6 Å². The molecular weight excluding hydrogens is 400 g/mol. The van der Waals surface area contributed by atoms with Crippen molar-refractivity contribution in [3.63, 3.8) is 0 Å². The molecule has 0 spiro atoms. The number of ketones is 2. The lowest BCUT2D eigenvalue weighted by molar-refractivity contribution is -0.123.